The number of aromatic nitrogens is 1. The number of fused-ring (bicyclic) bond motifs is 2. The van der Waals surface area contributed by atoms with Crippen LogP contribution in [0.15, 0.2) is 60.7 Å². The summed E-state index contributed by atoms with van der Waals surface area (Å²) in [5, 5.41) is 1.25. The zero-order valence-electron chi connectivity index (χ0n) is 11.4. The Morgan fingerprint density at radius 3 is 2.50 bits per heavy atom. The zero-order chi connectivity index (χ0) is 13.5. The molecule has 0 saturated carbocycles. The first kappa shape index (κ1) is 11.4. The molecule has 0 amide bonds. The monoisotopic (exact) mass is 257 g/mol. The second-order valence-corrected chi connectivity index (χ2v) is 5.29. The minimum Gasteiger partial charge on any atom is -0.248 e. The Bertz CT molecular complexity index is 829. The average molecular weight is 257 g/mol. The third-order valence-electron chi connectivity index (χ3n) is 4.04. The Morgan fingerprint density at radius 1 is 0.900 bits per heavy atom. The van der Waals surface area contributed by atoms with Crippen molar-refractivity contribution < 1.29 is 0 Å². The van der Waals surface area contributed by atoms with E-state index < -0.39 is 0 Å². The van der Waals surface area contributed by atoms with Gasteiger partial charge in [0.15, 0.2) is 0 Å². The summed E-state index contributed by atoms with van der Waals surface area (Å²) in [6.45, 7) is 2.16. The van der Waals surface area contributed by atoms with Gasteiger partial charge in [0.2, 0.25) is 0 Å². The number of nitrogens with zero attached hydrogens (tertiary/aromatic N) is 1. The van der Waals surface area contributed by atoms with Gasteiger partial charge in [0.05, 0.1) is 11.2 Å². The number of hydrogen-bond donors (Lipinski definition) is 0. The first-order chi connectivity index (χ1) is 9.84. The van der Waals surface area contributed by atoms with Crippen molar-refractivity contribution in [1.82, 2.24) is 4.98 Å². The van der Waals surface area contributed by atoms with Gasteiger partial charge in [-0.25, -0.2) is 4.98 Å². The van der Waals surface area contributed by atoms with Crippen LogP contribution in [0, 0.1) is 0 Å². The molecule has 0 aliphatic heterocycles. The van der Waals surface area contributed by atoms with Crippen molar-refractivity contribution in [1.29, 1.82) is 0 Å². The molecule has 2 aromatic carbocycles. The smallest absolute Gasteiger partial charge is 0.0715 e. The van der Waals surface area contributed by atoms with Crippen molar-refractivity contribution in [3.8, 4) is 11.1 Å². The molecule has 0 fully saturated rings. The molecule has 0 bridgehead atoms. The summed E-state index contributed by atoms with van der Waals surface area (Å²) in [4.78, 5) is 4.85. The van der Waals surface area contributed by atoms with Crippen LogP contribution in [0.2, 0.25) is 0 Å². The highest BCUT2D eigenvalue weighted by atomic mass is 14.7. The van der Waals surface area contributed by atoms with Gasteiger partial charge in [-0.3, -0.25) is 0 Å². The van der Waals surface area contributed by atoms with Crippen LogP contribution >= 0.6 is 0 Å². The number of hydrogen-bond acceptors (Lipinski definition) is 1. The van der Waals surface area contributed by atoms with Gasteiger partial charge in [-0.2, -0.15) is 0 Å². The molecule has 3 aromatic rings. The van der Waals surface area contributed by atoms with Gasteiger partial charge in [-0.15, -0.1) is 0 Å². The number of benzene rings is 2. The summed E-state index contributed by atoms with van der Waals surface area (Å²) in [6.07, 6.45) is 3.27. The Balaban J connectivity index is 2.14. The maximum absolute atomic E-state index is 4.85. The van der Waals surface area contributed by atoms with E-state index >= 15 is 0 Å². The summed E-state index contributed by atoms with van der Waals surface area (Å²) in [6, 6.07) is 19.1. The first-order valence-corrected chi connectivity index (χ1v) is 6.99. The predicted molar refractivity (Wildman–Crippen MR) is 84.5 cm³/mol. The van der Waals surface area contributed by atoms with Crippen LogP contribution in [0.5, 0.6) is 0 Å². The lowest BCUT2D eigenvalue weighted by Crippen LogP contribution is -1.96. The zero-order valence-corrected chi connectivity index (χ0v) is 11.4. The lowest BCUT2D eigenvalue weighted by atomic mass is 9.94. The van der Waals surface area contributed by atoms with Crippen molar-refractivity contribution in [3.63, 3.8) is 0 Å². The maximum atomic E-state index is 4.85. The van der Waals surface area contributed by atoms with Gasteiger partial charge in [-0.05, 0) is 41.7 Å². The number of allylic oxidation sites excluding steroid dienone is 2. The van der Waals surface area contributed by atoms with Gasteiger partial charge in [0.25, 0.3) is 0 Å². The highest BCUT2D eigenvalue weighted by molar-refractivity contribution is 5.99. The Morgan fingerprint density at radius 2 is 1.65 bits per heavy atom. The van der Waals surface area contributed by atoms with E-state index in [0.29, 0.717) is 0 Å². The molecule has 96 valence electrons. The Hall–Kier alpha value is -2.41. The minimum absolute atomic E-state index is 0.989. The lowest BCUT2D eigenvalue weighted by Gasteiger charge is -2.13. The fraction of sp³-hybridized carbons (Fsp3) is 0.105. The topological polar surface area (TPSA) is 12.9 Å². The van der Waals surface area contributed by atoms with Crippen LogP contribution < -0.4 is 0 Å². The van der Waals surface area contributed by atoms with Crippen LogP contribution in [0.1, 0.15) is 18.2 Å². The number of rotatable bonds is 1. The first-order valence-electron chi connectivity index (χ1n) is 6.99. The van der Waals surface area contributed by atoms with Crippen molar-refractivity contribution in [3.05, 3.63) is 71.9 Å². The highest BCUT2D eigenvalue weighted by Gasteiger charge is 2.20. The average Bonchev–Trinajstić information content (AvgIpc) is 2.87. The van der Waals surface area contributed by atoms with Crippen LogP contribution in [0.3, 0.4) is 0 Å². The van der Waals surface area contributed by atoms with Crippen molar-refractivity contribution in [2.24, 2.45) is 0 Å². The molecule has 1 nitrogen and oxygen atoms in total. The molecule has 1 heterocycles. The fourth-order valence-corrected chi connectivity index (χ4v) is 3.06. The van der Waals surface area contributed by atoms with Gasteiger partial charge in [0.1, 0.15) is 0 Å². The minimum atomic E-state index is 0.989. The molecule has 1 heteroatoms. The number of para-hydroxylation sites is 1. The molecule has 1 aliphatic rings. The normalized spacial score (nSPS) is 13.3. The highest BCUT2D eigenvalue weighted by Crippen LogP contribution is 2.38. The van der Waals surface area contributed by atoms with Crippen LogP contribution in [0.25, 0.3) is 27.6 Å². The van der Waals surface area contributed by atoms with Gasteiger partial charge < -0.3 is 0 Å². The Kier molecular flexibility index (Phi) is 2.46. The van der Waals surface area contributed by atoms with Gasteiger partial charge in [-0.1, -0.05) is 54.6 Å². The molecular formula is C19H15N. The molecule has 1 aromatic heterocycles. The van der Waals surface area contributed by atoms with Crippen LogP contribution in [0.4, 0.5) is 0 Å². The molecule has 0 saturated heterocycles. The van der Waals surface area contributed by atoms with E-state index in [-0.39, 0.29) is 0 Å². The molecule has 0 unspecified atom stereocenters. The molecule has 1 aliphatic carbocycles. The number of pyridine rings is 1. The summed E-state index contributed by atoms with van der Waals surface area (Å²) in [7, 11) is 0. The van der Waals surface area contributed by atoms with E-state index in [1.807, 2.05) is 0 Å². The van der Waals surface area contributed by atoms with Gasteiger partial charge in [0, 0.05) is 5.39 Å². The lowest BCUT2D eigenvalue weighted by molar-refractivity contribution is 1.25. The molecule has 0 atom stereocenters. The molecule has 0 spiro atoms. The van der Waals surface area contributed by atoms with E-state index in [1.54, 1.807) is 0 Å². The molecule has 20 heavy (non-hydrogen) atoms. The van der Waals surface area contributed by atoms with Crippen molar-refractivity contribution >= 4 is 16.5 Å². The molecule has 0 radical (unpaired) electrons. The summed E-state index contributed by atoms with van der Waals surface area (Å²) in [5.74, 6) is 0. The second-order valence-electron chi connectivity index (χ2n) is 5.29. The largest absolute Gasteiger partial charge is 0.248 e. The molecule has 4 rings (SSSR count). The van der Waals surface area contributed by atoms with Crippen LogP contribution in [-0.2, 0) is 6.42 Å². The quantitative estimate of drug-likeness (QED) is 0.606. The Labute approximate surface area is 118 Å². The standard InChI is InChI=1S/C19H15N/c1-13-11-12-16-18(14-7-3-2-4-8-14)15-9-5-6-10-17(15)20-19(13)16/h2-11H,12H2,1H3. The third kappa shape index (κ3) is 1.60. The third-order valence-corrected chi connectivity index (χ3v) is 4.04. The van der Waals surface area contributed by atoms with Crippen LogP contribution in [-0.4, -0.2) is 4.98 Å². The maximum Gasteiger partial charge on any atom is 0.0715 e. The fourth-order valence-electron chi connectivity index (χ4n) is 3.06. The summed E-state index contributed by atoms with van der Waals surface area (Å²) < 4.78 is 0. The van der Waals surface area contributed by atoms with E-state index in [4.69, 9.17) is 4.98 Å². The molecular weight excluding hydrogens is 242 g/mol. The van der Waals surface area contributed by atoms with Crippen molar-refractivity contribution in [2.75, 3.05) is 0 Å². The second kappa shape index (κ2) is 4.31. The van der Waals surface area contributed by atoms with Gasteiger partial charge >= 0.3 is 0 Å². The SMILES string of the molecule is CC1=CCc2c1nc1ccccc1c2-c1ccccc1. The van der Waals surface area contributed by atoms with E-state index in [0.717, 1.165) is 11.9 Å². The predicted octanol–water partition coefficient (Wildman–Crippen LogP) is 4.86. The van der Waals surface area contributed by atoms with E-state index in [2.05, 4.69) is 67.6 Å². The van der Waals surface area contributed by atoms with E-state index in [9.17, 15) is 0 Å². The van der Waals surface area contributed by atoms with Crippen molar-refractivity contribution in [2.45, 2.75) is 13.3 Å². The molecule has 0 N–H and O–H groups in total. The summed E-state index contributed by atoms with van der Waals surface area (Å²) in [5.41, 5.74) is 7.54. The summed E-state index contributed by atoms with van der Waals surface area (Å²) >= 11 is 0. The van der Waals surface area contributed by atoms with E-state index in [1.165, 1.54) is 33.3 Å².